The highest BCUT2D eigenvalue weighted by Gasteiger charge is 2.19. The zero-order valence-corrected chi connectivity index (χ0v) is 10.6. The third-order valence-corrected chi connectivity index (χ3v) is 3.35. The normalized spacial score (nSPS) is 11.4. The van der Waals surface area contributed by atoms with E-state index in [1.807, 2.05) is 6.92 Å². The van der Waals surface area contributed by atoms with Crippen molar-refractivity contribution in [2.24, 2.45) is 0 Å². The van der Waals surface area contributed by atoms with Gasteiger partial charge in [0.2, 0.25) is 5.95 Å². The second kappa shape index (κ2) is 4.64. The van der Waals surface area contributed by atoms with Crippen LogP contribution in [0, 0.1) is 0 Å². The molecule has 2 aromatic rings. The van der Waals surface area contributed by atoms with E-state index in [-0.39, 0.29) is 17.0 Å². The van der Waals surface area contributed by atoms with Gasteiger partial charge in [-0.05, 0) is 6.92 Å². The quantitative estimate of drug-likeness (QED) is 0.781. The van der Waals surface area contributed by atoms with Crippen molar-refractivity contribution in [3.05, 3.63) is 12.5 Å². The van der Waals surface area contributed by atoms with Crippen LogP contribution in [0.15, 0.2) is 17.6 Å². The topological polar surface area (TPSA) is 115 Å². The molecule has 0 fully saturated rings. The number of sulfonamides is 1. The van der Waals surface area contributed by atoms with Crippen molar-refractivity contribution in [2.45, 2.75) is 18.5 Å². The predicted molar refractivity (Wildman–Crippen MR) is 61.6 cm³/mol. The van der Waals surface area contributed by atoms with Gasteiger partial charge in [-0.3, -0.25) is 0 Å². The minimum atomic E-state index is -3.77. The molecule has 0 aliphatic heterocycles. The number of nitrogens with one attached hydrogen (secondary N) is 2. The van der Waals surface area contributed by atoms with Crippen LogP contribution >= 0.6 is 0 Å². The first kappa shape index (κ1) is 12.4. The van der Waals surface area contributed by atoms with E-state index < -0.39 is 10.0 Å². The van der Waals surface area contributed by atoms with Crippen LogP contribution in [0.25, 0.3) is 0 Å². The molecule has 0 aromatic carbocycles. The molecule has 2 N–H and O–H groups in total. The van der Waals surface area contributed by atoms with Crippen molar-refractivity contribution >= 4 is 16.0 Å². The Bertz CT molecular complexity index is 631. The fourth-order valence-electron chi connectivity index (χ4n) is 1.21. The Labute approximate surface area is 103 Å². The summed E-state index contributed by atoms with van der Waals surface area (Å²) in [6.07, 6.45) is 2.87. The van der Waals surface area contributed by atoms with Gasteiger partial charge in [0.15, 0.2) is 5.03 Å². The van der Waals surface area contributed by atoms with Crippen molar-refractivity contribution in [3.8, 4) is 6.01 Å². The maximum absolute atomic E-state index is 11.9. The van der Waals surface area contributed by atoms with E-state index >= 15 is 0 Å². The Morgan fingerprint density at radius 2 is 2.33 bits per heavy atom. The first-order chi connectivity index (χ1) is 8.55. The molecule has 0 aliphatic rings. The number of H-pyrrole nitrogens is 1. The van der Waals surface area contributed by atoms with E-state index in [9.17, 15) is 8.42 Å². The molecule has 98 valence electrons. The average Bonchev–Trinajstić information content (AvgIpc) is 2.96. The molecule has 9 nitrogen and oxygen atoms in total. The zero-order chi connectivity index (χ0) is 13.2. The number of aryl methyl sites for hydroxylation is 1. The number of imidazole rings is 1. The van der Waals surface area contributed by atoms with Gasteiger partial charge in [0.1, 0.15) is 0 Å². The van der Waals surface area contributed by atoms with Gasteiger partial charge in [-0.15, -0.1) is 5.10 Å². The van der Waals surface area contributed by atoms with Gasteiger partial charge in [0.05, 0.1) is 13.4 Å². The summed E-state index contributed by atoms with van der Waals surface area (Å²) in [7, 11) is -2.39. The number of aromatic nitrogens is 5. The van der Waals surface area contributed by atoms with Gasteiger partial charge in [-0.2, -0.15) is 13.4 Å². The first-order valence-electron chi connectivity index (χ1n) is 5.06. The molecule has 0 saturated carbocycles. The van der Waals surface area contributed by atoms with Crippen molar-refractivity contribution in [2.75, 3.05) is 11.8 Å². The molecule has 2 aromatic heterocycles. The lowest BCUT2D eigenvalue weighted by atomic mass is 10.7. The Kier molecular flexibility index (Phi) is 3.19. The SMILES string of the molecule is CCn1cnc(S(=O)(=O)Nc2nc(OC)n[nH]2)c1. The Morgan fingerprint density at radius 3 is 2.89 bits per heavy atom. The number of aromatic amines is 1. The van der Waals surface area contributed by atoms with Crippen LogP contribution in [0.4, 0.5) is 5.95 Å². The van der Waals surface area contributed by atoms with E-state index in [0.717, 1.165) is 0 Å². The molecular weight excluding hydrogens is 260 g/mol. The number of hydrogen-bond acceptors (Lipinski definition) is 6. The summed E-state index contributed by atoms with van der Waals surface area (Å²) in [5, 5.41) is 5.93. The van der Waals surface area contributed by atoms with Crippen LogP contribution in [-0.4, -0.2) is 40.3 Å². The molecule has 0 bridgehead atoms. The molecule has 10 heteroatoms. The summed E-state index contributed by atoms with van der Waals surface area (Å²) in [4.78, 5) is 7.55. The van der Waals surface area contributed by atoms with Crippen molar-refractivity contribution in [1.29, 1.82) is 0 Å². The van der Waals surface area contributed by atoms with Gasteiger partial charge < -0.3 is 9.30 Å². The molecule has 0 radical (unpaired) electrons. The summed E-state index contributed by atoms with van der Waals surface area (Å²) in [5.41, 5.74) is 0. The molecule has 0 saturated heterocycles. The minimum Gasteiger partial charge on any atom is -0.466 e. The summed E-state index contributed by atoms with van der Waals surface area (Å²) < 4.78 is 32.4. The first-order valence-corrected chi connectivity index (χ1v) is 6.54. The standard InChI is InChI=1S/C8H12N6O3S/c1-3-14-4-6(9-5-14)18(15,16)13-7-10-8(17-2)12-11-7/h4-5H,3H2,1-2H3,(H2,10,11,12,13). The maximum atomic E-state index is 11.9. The van der Waals surface area contributed by atoms with E-state index in [0.29, 0.717) is 6.54 Å². The molecule has 0 aliphatic carbocycles. The number of nitrogens with zero attached hydrogens (tertiary/aromatic N) is 4. The van der Waals surface area contributed by atoms with Crippen LogP contribution in [0.3, 0.4) is 0 Å². The minimum absolute atomic E-state index is 0.0297. The van der Waals surface area contributed by atoms with E-state index in [4.69, 9.17) is 4.74 Å². The smallest absolute Gasteiger partial charge is 0.336 e. The lowest BCUT2D eigenvalue weighted by Crippen LogP contribution is -2.14. The molecule has 2 heterocycles. The second-order valence-corrected chi connectivity index (χ2v) is 4.95. The Balaban J connectivity index is 2.21. The van der Waals surface area contributed by atoms with Crippen LogP contribution < -0.4 is 9.46 Å². The number of rotatable bonds is 5. The molecule has 0 amide bonds. The van der Waals surface area contributed by atoms with Gasteiger partial charge in [0.25, 0.3) is 10.0 Å². The highest BCUT2D eigenvalue weighted by molar-refractivity contribution is 7.92. The second-order valence-electron chi connectivity index (χ2n) is 3.32. The molecule has 18 heavy (non-hydrogen) atoms. The van der Waals surface area contributed by atoms with Crippen LogP contribution in [0.5, 0.6) is 6.01 Å². The lowest BCUT2D eigenvalue weighted by molar-refractivity contribution is 0.382. The molecular formula is C8H12N6O3S. The monoisotopic (exact) mass is 272 g/mol. The van der Waals surface area contributed by atoms with Gasteiger partial charge in [-0.25, -0.2) is 14.8 Å². The highest BCUT2D eigenvalue weighted by atomic mass is 32.2. The third kappa shape index (κ3) is 2.42. The van der Waals surface area contributed by atoms with Crippen molar-refractivity contribution in [3.63, 3.8) is 0 Å². The summed E-state index contributed by atoms with van der Waals surface area (Å²) >= 11 is 0. The number of ether oxygens (including phenoxy) is 1. The largest absolute Gasteiger partial charge is 0.466 e. The fraction of sp³-hybridized carbons (Fsp3) is 0.375. The molecule has 0 unspecified atom stereocenters. The van der Waals surface area contributed by atoms with Crippen molar-refractivity contribution < 1.29 is 13.2 Å². The van der Waals surface area contributed by atoms with Crippen LogP contribution in [0.2, 0.25) is 0 Å². The van der Waals surface area contributed by atoms with Gasteiger partial charge in [0, 0.05) is 12.7 Å². The predicted octanol–water partition coefficient (Wildman–Crippen LogP) is -0.170. The molecule has 0 atom stereocenters. The highest BCUT2D eigenvalue weighted by Crippen LogP contribution is 2.12. The van der Waals surface area contributed by atoms with E-state index in [1.54, 1.807) is 4.57 Å². The van der Waals surface area contributed by atoms with Crippen LogP contribution in [0.1, 0.15) is 6.92 Å². The fourth-order valence-corrected chi connectivity index (χ4v) is 2.12. The maximum Gasteiger partial charge on any atom is 0.336 e. The van der Waals surface area contributed by atoms with Crippen molar-refractivity contribution in [1.82, 2.24) is 24.7 Å². The van der Waals surface area contributed by atoms with E-state index in [2.05, 4.69) is 24.9 Å². The lowest BCUT2D eigenvalue weighted by Gasteiger charge is -2.00. The zero-order valence-electron chi connectivity index (χ0n) is 9.78. The molecule has 0 spiro atoms. The average molecular weight is 272 g/mol. The Hall–Kier alpha value is -2.10. The van der Waals surface area contributed by atoms with Gasteiger partial charge >= 0.3 is 6.01 Å². The third-order valence-electron chi connectivity index (χ3n) is 2.13. The van der Waals surface area contributed by atoms with E-state index in [1.165, 1.54) is 19.6 Å². The molecule has 2 rings (SSSR count). The number of methoxy groups -OCH3 is 1. The Morgan fingerprint density at radius 1 is 1.56 bits per heavy atom. The summed E-state index contributed by atoms with van der Waals surface area (Å²) in [5.74, 6) is -0.0297. The summed E-state index contributed by atoms with van der Waals surface area (Å²) in [6.45, 7) is 2.52. The number of anilines is 1. The number of hydrogen-bond donors (Lipinski definition) is 2. The van der Waals surface area contributed by atoms with Crippen LogP contribution in [-0.2, 0) is 16.6 Å². The van der Waals surface area contributed by atoms with Gasteiger partial charge in [-0.1, -0.05) is 0 Å². The summed E-state index contributed by atoms with van der Waals surface area (Å²) in [6, 6.07) is 0.0480.